The topological polar surface area (TPSA) is 55.8 Å². The van der Waals surface area contributed by atoms with Crippen molar-refractivity contribution in [3.8, 4) is 0 Å². The minimum absolute atomic E-state index is 0.0399. The molecule has 2 amide bonds. The molecule has 2 N–H and O–H groups in total. The molecule has 2 aliphatic rings. The average molecular weight is 576 g/mol. The number of halogens is 7. The third kappa shape index (κ3) is 6.07. The van der Waals surface area contributed by atoms with Crippen LogP contribution in [0.1, 0.15) is 72.5 Å². The van der Waals surface area contributed by atoms with Crippen LogP contribution in [-0.4, -0.2) is 52.7 Å². The minimum atomic E-state index is -5.01. The first-order valence-electron chi connectivity index (χ1n) is 13.0. The second-order valence-electron chi connectivity index (χ2n) is 10.9. The van der Waals surface area contributed by atoms with Crippen molar-refractivity contribution in [3.05, 3.63) is 70.0 Å². The number of alkyl halides is 6. The van der Waals surface area contributed by atoms with Gasteiger partial charge in [-0.05, 0) is 86.6 Å². The van der Waals surface area contributed by atoms with Crippen molar-refractivity contribution in [2.75, 3.05) is 20.2 Å². The van der Waals surface area contributed by atoms with Crippen molar-refractivity contribution in [1.82, 2.24) is 15.1 Å². The van der Waals surface area contributed by atoms with E-state index in [1.54, 1.807) is 17.9 Å². The van der Waals surface area contributed by atoms with Gasteiger partial charge in [-0.15, -0.1) is 0 Å². The summed E-state index contributed by atoms with van der Waals surface area (Å²) in [5.41, 5.74) is -2.26. The van der Waals surface area contributed by atoms with Crippen LogP contribution in [-0.2, 0) is 12.4 Å². The maximum atomic E-state index is 13.9. The molecule has 12 heteroatoms. The van der Waals surface area contributed by atoms with E-state index in [9.17, 15) is 40.6 Å². The SMILES string of the molecule is Cc1cc(F)ccc1[C@H]1C[C@]2(CC[C@@H](CO)N2)CCN1C(=O)N(C)C(C)c1cc(C(F)(F)F)cc(C(F)(F)F)c1. The van der Waals surface area contributed by atoms with Gasteiger partial charge in [0.15, 0.2) is 0 Å². The zero-order valence-electron chi connectivity index (χ0n) is 22.3. The largest absolute Gasteiger partial charge is 0.416 e. The molecule has 1 spiro atoms. The fourth-order valence-corrected chi connectivity index (χ4v) is 5.93. The van der Waals surface area contributed by atoms with Gasteiger partial charge >= 0.3 is 18.4 Å². The van der Waals surface area contributed by atoms with E-state index in [4.69, 9.17) is 0 Å². The zero-order chi connectivity index (χ0) is 29.6. The first-order chi connectivity index (χ1) is 18.5. The number of carbonyl (C=O) groups excluding carboxylic acids is 1. The number of likely N-dealkylation sites (tertiary alicyclic amines) is 1. The van der Waals surface area contributed by atoms with Crippen LogP contribution in [0.2, 0.25) is 0 Å². The highest BCUT2D eigenvalue weighted by atomic mass is 19.4. The van der Waals surface area contributed by atoms with E-state index in [0.29, 0.717) is 36.1 Å². The van der Waals surface area contributed by atoms with Gasteiger partial charge in [-0.1, -0.05) is 6.07 Å². The molecule has 2 aromatic carbocycles. The first kappa shape index (κ1) is 30.1. The van der Waals surface area contributed by atoms with Gasteiger partial charge in [0.2, 0.25) is 0 Å². The number of hydrogen-bond acceptors (Lipinski definition) is 3. The van der Waals surface area contributed by atoms with Gasteiger partial charge in [-0.25, -0.2) is 9.18 Å². The fraction of sp³-hybridized carbons (Fsp3) is 0.536. The van der Waals surface area contributed by atoms with Crippen LogP contribution in [0, 0.1) is 12.7 Å². The molecule has 0 aliphatic carbocycles. The van der Waals surface area contributed by atoms with Crippen molar-refractivity contribution in [2.45, 2.75) is 75.5 Å². The molecule has 1 unspecified atom stereocenters. The third-order valence-corrected chi connectivity index (χ3v) is 8.31. The summed E-state index contributed by atoms with van der Waals surface area (Å²) in [7, 11) is 1.34. The van der Waals surface area contributed by atoms with Crippen molar-refractivity contribution >= 4 is 6.03 Å². The summed E-state index contributed by atoms with van der Waals surface area (Å²) in [6.07, 6.45) is -7.53. The summed E-state index contributed by atoms with van der Waals surface area (Å²) in [4.78, 5) is 16.5. The minimum Gasteiger partial charge on any atom is -0.395 e. The average Bonchev–Trinajstić information content (AvgIpc) is 3.28. The standard InChI is InChI=1S/C28H32F7N3O2/c1-16-10-21(29)4-5-23(16)24-14-26(7-6-22(15-39)36-26)8-9-38(24)25(40)37(3)17(2)18-11-19(27(30,31)32)13-20(12-18)28(33,34)35/h4-5,10-13,17,22,24,36,39H,6-9,14-15H2,1-3H3/t17?,22-,24+,26-/m0/s1. The molecule has 2 saturated heterocycles. The molecule has 2 aliphatic heterocycles. The number of carbonyl (C=O) groups is 1. The van der Waals surface area contributed by atoms with Crippen molar-refractivity contribution < 1.29 is 40.6 Å². The Morgan fingerprint density at radius 2 is 1.73 bits per heavy atom. The maximum Gasteiger partial charge on any atom is 0.416 e. The van der Waals surface area contributed by atoms with Gasteiger partial charge in [0.25, 0.3) is 0 Å². The van der Waals surface area contributed by atoms with Gasteiger partial charge in [0.1, 0.15) is 5.82 Å². The number of hydrogen-bond donors (Lipinski definition) is 2. The van der Waals surface area contributed by atoms with Gasteiger partial charge in [0.05, 0.1) is 29.8 Å². The molecular weight excluding hydrogens is 543 g/mol. The number of rotatable bonds is 4. The number of aryl methyl sites for hydroxylation is 1. The number of aliphatic hydroxyl groups excluding tert-OH is 1. The lowest BCUT2D eigenvalue weighted by Gasteiger charge is -2.47. The van der Waals surface area contributed by atoms with E-state index in [2.05, 4.69) is 5.32 Å². The molecule has 4 atom stereocenters. The Balaban J connectivity index is 1.67. The van der Waals surface area contributed by atoms with Crippen LogP contribution in [0.5, 0.6) is 0 Å². The van der Waals surface area contributed by atoms with E-state index in [1.807, 2.05) is 0 Å². The Bertz CT molecular complexity index is 1220. The highest BCUT2D eigenvalue weighted by Gasteiger charge is 2.47. The van der Waals surface area contributed by atoms with E-state index in [1.165, 1.54) is 26.1 Å². The lowest BCUT2D eigenvalue weighted by atomic mass is 9.79. The summed E-state index contributed by atoms with van der Waals surface area (Å²) >= 11 is 0. The van der Waals surface area contributed by atoms with Crippen LogP contribution in [0.3, 0.4) is 0 Å². The van der Waals surface area contributed by atoms with Crippen LogP contribution in [0.15, 0.2) is 36.4 Å². The van der Waals surface area contributed by atoms with E-state index >= 15 is 0 Å². The number of aliphatic hydroxyl groups is 1. The molecule has 220 valence electrons. The summed E-state index contributed by atoms with van der Waals surface area (Å²) in [5.74, 6) is -0.445. The Kier molecular flexibility index (Phi) is 8.16. The number of benzene rings is 2. The van der Waals surface area contributed by atoms with Crippen molar-refractivity contribution in [1.29, 1.82) is 0 Å². The first-order valence-corrected chi connectivity index (χ1v) is 13.0. The maximum absolute atomic E-state index is 13.9. The van der Waals surface area contributed by atoms with Crippen molar-refractivity contribution in [3.63, 3.8) is 0 Å². The molecule has 0 bridgehead atoms. The number of nitrogens with one attached hydrogen (secondary N) is 1. The van der Waals surface area contributed by atoms with Gasteiger partial charge in [-0.2, -0.15) is 26.3 Å². The molecule has 5 nitrogen and oxygen atoms in total. The van der Waals surface area contributed by atoms with Crippen LogP contribution < -0.4 is 5.32 Å². The molecule has 0 aromatic heterocycles. The predicted molar refractivity (Wildman–Crippen MR) is 134 cm³/mol. The van der Waals surface area contributed by atoms with Crippen LogP contribution in [0.4, 0.5) is 35.5 Å². The fourth-order valence-electron chi connectivity index (χ4n) is 5.93. The second kappa shape index (κ2) is 10.8. The molecule has 4 rings (SSSR count). The molecule has 0 saturated carbocycles. The summed E-state index contributed by atoms with van der Waals surface area (Å²) in [5, 5.41) is 13.1. The highest BCUT2D eigenvalue weighted by Crippen LogP contribution is 2.44. The number of nitrogens with zero attached hydrogens (tertiary/aromatic N) is 2. The third-order valence-electron chi connectivity index (χ3n) is 8.31. The normalized spacial score (nSPS) is 24.4. The van der Waals surface area contributed by atoms with Crippen molar-refractivity contribution in [2.24, 2.45) is 0 Å². The lowest BCUT2D eigenvalue weighted by molar-refractivity contribution is -0.143. The van der Waals surface area contributed by atoms with Gasteiger partial charge in [-0.3, -0.25) is 0 Å². The summed E-state index contributed by atoms with van der Waals surface area (Å²) < 4.78 is 94.6. The van der Waals surface area contributed by atoms with Gasteiger partial charge < -0.3 is 20.2 Å². The van der Waals surface area contributed by atoms with E-state index < -0.39 is 47.4 Å². The Morgan fingerprint density at radius 3 is 2.25 bits per heavy atom. The van der Waals surface area contributed by atoms with Crippen LogP contribution in [0.25, 0.3) is 0 Å². The number of piperidine rings is 1. The summed E-state index contributed by atoms with van der Waals surface area (Å²) in [6, 6.07) is 3.25. The Morgan fingerprint density at radius 1 is 1.10 bits per heavy atom. The zero-order valence-corrected chi connectivity index (χ0v) is 22.3. The molecular formula is C28H32F7N3O2. The molecule has 2 aromatic rings. The van der Waals surface area contributed by atoms with E-state index in [0.717, 1.165) is 17.7 Å². The van der Waals surface area contributed by atoms with E-state index in [-0.39, 0.29) is 36.4 Å². The molecule has 2 fully saturated rings. The Hall–Kier alpha value is -2.86. The lowest BCUT2D eigenvalue weighted by Crippen LogP contribution is -2.56. The predicted octanol–water partition coefficient (Wildman–Crippen LogP) is 6.60. The molecule has 0 radical (unpaired) electrons. The van der Waals surface area contributed by atoms with Gasteiger partial charge in [0, 0.05) is 25.2 Å². The number of urea groups is 1. The molecule has 40 heavy (non-hydrogen) atoms. The number of amides is 2. The monoisotopic (exact) mass is 575 g/mol. The second-order valence-corrected chi connectivity index (χ2v) is 10.9. The molecule has 2 heterocycles. The van der Waals surface area contributed by atoms with Crippen LogP contribution >= 0.6 is 0 Å². The Labute approximate surface area is 227 Å². The quantitative estimate of drug-likeness (QED) is 0.404. The smallest absolute Gasteiger partial charge is 0.395 e. The highest BCUT2D eigenvalue weighted by molar-refractivity contribution is 5.75. The summed E-state index contributed by atoms with van der Waals surface area (Å²) in [6.45, 7) is 3.30.